The Hall–Kier alpha value is -1.36. The number of unbranched alkanes of at least 4 members (excludes halogenated alkanes) is 3. The fraction of sp³-hybridized carbons (Fsp3) is 0.760. The lowest BCUT2D eigenvalue weighted by Crippen LogP contribution is -2.27. The van der Waals surface area contributed by atoms with Crippen LogP contribution < -0.4 is 10.6 Å². The van der Waals surface area contributed by atoms with Gasteiger partial charge in [-0.2, -0.15) is 0 Å². The number of thiophene rings is 1. The zero-order valence-corrected chi connectivity index (χ0v) is 21.0. The van der Waals surface area contributed by atoms with Gasteiger partial charge in [-0.1, -0.05) is 67.7 Å². The van der Waals surface area contributed by atoms with Gasteiger partial charge in [0.1, 0.15) is 5.00 Å². The third-order valence-corrected chi connectivity index (χ3v) is 8.40. The third-order valence-electron chi connectivity index (χ3n) is 7.19. The number of hydrogen-bond donors (Lipinski definition) is 2. The monoisotopic (exact) mass is 434 g/mol. The Morgan fingerprint density at radius 1 is 0.900 bits per heavy atom. The Morgan fingerprint density at radius 2 is 1.47 bits per heavy atom. The van der Waals surface area contributed by atoms with Crippen molar-refractivity contribution < 1.29 is 9.59 Å². The lowest BCUT2D eigenvalue weighted by molar-refractivity contribution is -0.118. The molecule has 0 aromatic carbocycles. The van der Waals surface area contributed by atoms with E-state index in [1.165, 1.54) is 4.88 Å². The fourth-order valence-electron chi connectivity index (χ4n) is 4.50. The molecule has 1 heterocycles. The highest BCUT2D eigenvalue weighted by Gasteiger charge is 2.68. The highest BCUT2D eigenvalue weighted by atomic mass is 32.1. The van der Waals surface area contributed by atoms with Crippen molar-refractivity contribution in [2.24, 2.45) is 16.7 Å². The second kappa shape index (κ2) is 10.3. The van der Waals surface area contributed by atoms with Crippen LogP contribution in [0.15, 0.2) is 0 Å². The average Bonchev–Trinajstić information content (AvgIpc) is 2.93. The van der Waals surface area contributed by atoms with Gasteiger partial charge in [0.25, 0.3) is 5.91 Å². The van der Waals surface area contributed by atoms with E-state index >= 15 is 0 Å². The van der Waals surface area contributed by atoms with Crippen LogP contribution in [-0.4, -0.2) is 18.4 Å². The molecule has 1 aromatic heterocycles. The van der Waals surface area contributed by atoms with Gasteiger partial charge in [0.2, 0.25) is 5.91 Å². The summed E-state index contributed by atoms with van der Waals surface area (Å²) in [7, 11) is 0. The predicted molar refractivity (Wildman–Crippen MR) is 128 cm³/mol. The molecule has 0 aliphatic heterocycles. The molecule has 0 atom stereocenters. The molecular weight excluding hydrogens is 392 g/mol. The highest BCUT2D eigenvalue weighted by Crippen LogP contribution is 2.68. The van der Waals surface area contributed by atoms with E-state index in [-0.39, 0.29) is 28.6 Å². The summed E-state index contributed by atoms with van der Waals surface area (Å²) in [5, 5.41) is 7.04. The Bertz CT molecular complexity index is 735. The van der Waals surface area contributed by atoms with E-state index in [1.807, 2.05) is 0 Å². The van der Waals surface area contributed by atoms with E-state index in [0.29, 0.717) is 6.54 Å². The molecule has 2 N–H and O–H groups in total. The zero-order valence-electron chi connectivity index (χ0n) is 20.2. The van der Waals surface area contributed by atoms with Gasteiger partial charge in [0.15, 0.2) is 0 Å². The fourth-order valence-corrected chi connectivity index (χ4v) is 5.79. The van der Waals surface area contributed by atoms with E-state index in [2.05, 4.69) is 59.1 Å². The second-order valence-corrected chi connectivity index (χ2v) is 11.0. The van der Waals surface area contributed by atoms with Crippen LogP contribution in [0.1, 0.15) is 108 Å². The number of carbonyl (C=O) groups excluding carboxylic acids is 2. The maximum atomic E-state index is 13.2. The van der Waals surface area contributed by atoms with E-state index in [0.717, 1.165) is 67.5 Å². The molecule has 0 bridgehead atoms. The van der Waals surface area contributed by atoms with Crippen LogP contribution in [0.3, 0.4) is 0 Å². The number of amides is 2. The quantitative estimate of drug-likeness (QED) is 0.365. The molecule has 1 aromatic rings. The van der Waals surface area contributed by atoms with Crippen LogP contribution in [-0.2, 0) is 17.6 Å². The summed E-state index contributed by atoms with van der Waals surface area (Å²) in [5.74, 6) is -0.00241. The molecule has 1 fully saturated rings. The summed E-state index contributed by atoms with van der Waals surface area (Å²) in [6, 6.07) is 0. The number of rotatable bonds is 12. The largest absolute Gasteiger partial charge is 0.352 e. The number of hydrogen-bond acceptors (Lipinski definition) is 3. The first kappa shape index (κ1) is 24.9. The Kier molecular flexibility index (Phi) is 8.55. The topological polar surface area (TPSA) is 58.2 Å². The minimum absolute atomic E-state index is 0.0199. The molecule has 30 heavy (non-hydrogen) atoms. The number of aryl methyl sites for hydroxylation is 1. The Labute approximate surface area is 187 Å². The number of nitrogens with one attached hydrogen (secondary N) is 2. The van der Waals surface area contributed by atoms with Crippen molar-refractivity contribution in [3.05, 3.63) is 16.0 Å². The van der Waals surface area contributed by atoms with Gasteiger partial charge in [-0.15, -0.1) is 11.3 Å². The molecule has 1 aliphatic carbocycles. The molecule has 2 amide bonds. The summed E-state index contributed by atoms with van der Waals surface area (Å²) >= 11 is 1.63. The summed E-state index contributed by atoms with van der Waals surface area (Å²) in [6.07, 6.45) is 8.26. The van der Waals surface area contributed by atoms with E-state index in [4.69, 9.17) is 0 Å². The van der Waals surface area contributed by atoms with Crippen LogP contribution in [0.2, 0.25) is 0 Å². The first-order valence-electron chi connectivity index (χ1n) is 11.9. The Morgan fingerprint density at radius 3 is 2.00 bits per heavy atom. The van der Waals surface area contributed by atoms with Crippen LogP contribution in [0, 0.1) is 16.7 Å². The summed E-state index contributed by atoms with van der Waals surface area (Å²) in [6.45, 7) is 15.8. The van der Waals surface area contributed by atoms with Gasteiger partial charge >= 0.3 is 0 Å². The van der Waals surface area contributed by atoms with E-state index < -0.39 is 0 Å². The van der Waals surface area contributed by atoms with Crippen molar-refractivity contribution >= 4 is 28.2 Å². The molecule has 0 saturated heterocycles. The standard InChI is InChI=1S/C25H42N2O2S/c1-8-11-14-17-18(15-12-9-2)30-23(19(17)21(28)26-16-13-10-3)27-22(29)20-24(4,5)25(20,6)7/h20H,8-16H2,1-7H3,(H,26,28)(H,27,29). The number of carbonyl (C=O) groups is 2. The maximum Gasteiger partial charge on any atom is 0.254 e. The van der Waals surface area contributed by atoms with Crippen molar-refractivity contribution in [1.29, 1.82) is 0 Å². The predicted octanol–water partition coefficient (Wildman–Crippen LogP) is 6.58. The normalized spacial score (nSPS) is 17.0. The highest BCUT2D eigenvalue weighted by molar-refractivity contribution is 7.17. The SMILES string of the molecule is CCCCNC(=O)c1c(NC(=O)C2C(C)(C)C2(C)C)sc(CCCC)c1CCCC. The third kappa shape index (κ3) is 5.09. The molecule has 2 rings (SSSR count). The molecular formula is C25H42N2O2S. The molecule has 4 nitrogen and oxygen atoms in total. The molecule has 0 unspecified atom stereocenters. The minimum Gasteiger partial charge on any atom is -0.352 e. The average molecular weight is 435 g/mol. The van der Waals surface area contributed by atoms with Gasteiger partial charge in [0.05, 0.1) is 5.56 Å². The van der Waals surface area contributed by atoms with Crippen LogP contribution in [0.5, 0.6) is 0 Å². The summed E-state index contributed by atoms with van der Waals surface area (Å²) < 4.78 is 0. The van der Waals surface area contributed by atoms with Crippen molar-refractivity contribution in [3.8, 4) is 0 Å². The van der Waals surface area contributed by atoms with Gasteiger partial charge in [-0.05, 0) is 48.5 Å². The van der Waals surface area contributed by atoms with Crippen molar-refractivity contribution in [2.75, 3.05) is 11.9 Å². The summed E-state index contributed by atoms with van der Waals surface area (Å²) in [5.41, 5.74) is 1.84. The molecule has 1 saturated carbocycles. The molecule has 170 valence electrons. The second-order valence-electron chi connectivity index (χ2n) is 9.89. The molecule has 0 radical (unpaired) electrons. The van der Waals surface area contributed by atoms with E-state index in [9.17, 15) is 9.59 Å². The molecule has 0 spiro atoms. The van der Waals surface area contributed by atoms with Gasteiger partial charge in [-0.25, -0.2) is 0 Å². The van der Waals surface area contributed by atoms with Gasteiger partial charge in [0, 0.05) is 17.3 Å². The maximum absolute atomic E-state index is 13.2. The Balaban J connectivity index is 2.37. The van der Waals surface area contributed by atoms with E-state index in [1.54, 1.807) is 11.3 Å². The molecule has 1 aliphatic rings. The van der Waals surface area contributed by atoms with Crippen LogP contribution in [0.4, 0.5) is 5.00 Å². The lowest BCUT2D eigenvalue weighted by Gasteiger charge is -2.11. The van der Waals surface area contributed by atoms with Crippen LogP contribution in [0.25, 0.3) is 0 Å². The van der Waals surface area contributed by atoms with Crippen molar-refractivity contribution in [3.63, 3.8) is 0 Å². The van der Waals surface area contributed by atoms with Crippen molar-refractivity contribution in [2.45, 2.75) is 99.8 Å². The smallest absolute Gasteiger partial charge is 0.254 e. The first-order chi connectivity index (χ1) is 14.1. The first-order valence-corrected chi connectivity index (χ1v) is 12.7. The zero-order chi connectivity index (χ0) is 22.5. The van der Waals surface area contributed by atoms with Crippen LogP contribution >= 0.6 is 11.3 Å². The lowest BCUT2D eigenvalue weighted by atomic mass is 10.0. The van der Waals surface area contributed by atoms with Gasteiger partial charge in [-0.3, -0.25) is 9.59 Å². The summed E-state index contributed by atoms with van der Waals surface area (Å²) in [4.78, 5) is 27.6. The van der Waals surface area contributed by atoms with Crippen molar-refractivity contribution in [1.82, 2.24) is 5.32 Å². The van der Waals surface area contributed by atoms with Gasteiger partial charge < -0.3 is 10.6 Å². The number of anilines is 1. The minimum atomic E-state index is -0.0295. The molecule has 5 heteroatoms.